The molecule has 2 fully saturated rings. The lowest BCUT2D eigenvalue weighted by Gasteiger charge is -2.28. The van der Waals surface area contributed by atoms with Crippen molar-refractivity contribution in [3.8, 4) is 5.75 Å². The lowest BCUT2D eigenvalue weighted by Crippen LogP contribution is -2.47. The first-order valence-corrected chi connectivity index (χ1v) is 9.02. The van der Waals surface area contributed by atoms with E-state index in [-0.39, 0.29) is 36.2 Å². The summed E-state index contributed by atoms with van der Waals surface area (Å²) in [7, 11) is 1.63. The minimum Gasteiger partial charge on any atom is -0.497 e. The predicted octanol–water partition coefficient (Wildman–Crippen LogP) is 1.72. The number of halogens is 1. The van der Waals surface area contributed by atoms with E-state index in [9.17, 15) is 9.59 Å². The highest BCUT2D eigenvalue weighted by atomic mass is 35.5. The van der Waals surface area contributed by atoms with Gasteiger partial charge in [-0.1, -0.05) is 12.1 Å². The Labute approximate surface area is 161 Å². The van der Waals surface area contributed by atoms with Gasteiger partial charge in [-0.25, -0.2) is 0 Å². The molecule has 7 heteroatoms. The molecule has 144 valence electrons. The molecular weight excluding hydrogens is 354 g/mol. The fourth-order valence-electron chi connectivity index (χ4n) is 3.64. The lowest BCUT2D eigenvalue weighted by atomic mass is 9.92. The van der Waals surface area contributed by atoms with Gasteiger partial charge in [0.15, 0.2) is 0 Å². The standard InChI is InChI=1S/C19H27N3O3.ClH/c1-13-11-15(7-9-20-13)18(23)21-17-8-10-22(19(17)24)12-14-3-5-16(25-2)6-4-14;/h3-6,13,15,17,20H,7-12H2,1-2H3,(H,21,23);1H/t13-,15-,17?;/m0./s1. The smallest absolute Gasteiger partial charge is 0.245 e. The van der Waals surface area contributed by atoms with Crippen molar-refractivity contribution in [1.29, 1.82) is 0 Å². The summed E-state index contributed by atoms with van der Waals surface area (Å²) in [5.41, 5.74) is 1.06. The van der Waals surface area contributed by atoms with E-state index in [0.717, 1.165) is 30.7 Å². The van der Waals surface area contributed by atoms with Crippen LogP contribution in [0.4, 0.5) is 0 Å². The Bertz CT molecular complexity index is 623. The minimum atomic E-state index is -0.379. The second kappa shape index (κ2) is 9.24. The van der Waals surface area contributed by atoms with Crippen LogP contribution in [0.1, 0.15) is 31.7 Å². The van der Waals surface area contributed by atoms with Gasteiger partial charge in [-0.05, 0) is 50.4 Å². The molecule has 2 amide bonds. The molecule has 2 N–H and O–H groups in total. The molecular formula is C19H28ClN3O3. The molecule has 2 heterocycles. The van der Waals surface area contributed by atoms with E-state index in [2.05, 4.69) is 17.6 Å². The molecule has 0 bridgehead atoms. The third-order valence-corrected chi connectivity index (χ3v) is 5.14. The Balaban J connectivity index is 0.00000243. The van der Waals surface area contributed by atoms with Crippen LogP contribution >= 0.6 is 12.4 Å². The number of nitrogens with zero attached hydrogens (tertiary/aromatic N) is 1. The molecule has 0 radical (unpaired) electrons. The van der Waals surface area contributed by atoms with Crippen molar-refractivity contribution < 1.29 is 14.3 Å². The Morgan fingerprint density at radius 1 is 1.31 bits per heavy atom. The Hall–Kier alpha value is -1.79. The Morgan fingerprint density at radius 2 is 2.04 bits per heavy atom. The number of ether oxygens (including phenoxy) is 1. The van der Waals surface area contributed by atoms with Crippen molar-refractivity contribution in [2.75, 3.05) is 20.2 Å². The van der Waals surface area contributed by atoms with Gasteiger partial charge < -0.3 is 20.3 Å². The maximum atomic E-state index is 12.6. The number of methoxy groups -OCH3 is 1. The quantitative estimate of drug-likeness (QED) is 0.814. The van der Waals surface area contributed by atoms with E-state index in [1.807, 2.05) is 29.2 Å². The number of piperidine rings is 1. The zero-order valence-electron chi connectivity index (χ0n) is 15.4. The fraction of sp³-hybridized carbons (Fsp3) is 0.579. The van der Waals surface area contributed by atoms with Crippen LogP contribution in [0, 0.1) is 5.92 Å². The van der Waals surface area contributed by atoms with E-state index in [0.29, 0.717) is 25.6 Å². The van der Waals surface area contributed by atoms with Crippen LogP contribution in [0.2, 0.25) is 0 Å². The second-order valence-electron chi connectivity index (χ2n) is 7.03. The number of benzene rings is 1. The number of nitrogens with one attached hydrogen (secondary N) is 2. The normalized spacial score (nSPS) is 25.5. The zero-order chi connectivity index (χ0) is 17.8. The summed E-state index contributed by atoms with van der Waals surface area (Å²) >= 11 is 0. The van der Waals surface area contributed by atoms with E-state index < -0.39 is 0 Å². The van der Waals surface area contributed by atoms with Crippen molar-refractivity contribution >= 4 is 24.2 Å². The highest BCUT2D eigenvalue weighted by Gasteiger charge is 2.34. The predicted molar refractivity (Wildman–Crippen MR) is 102 cm³/mol. The summed E-state index contributed by atoms with van der Waals surface area (Å²) in [5.74, 6) is 0.863. The van der Waals surface area contributed by atoms with Gasteiger partial charge in [0.2, 0.25) is 11.8 Å². The molecule has 6 nitrogen and oxygen atoms in total. The van der Waals surface area contributed by atoms with Gasteiger partial charge >= 0.3 is 0 Å². The summed E-state index contributed by atoms with van der Waals surface area (Å²) in [6.07, 6.45) is 2.36. The maximum Gasteiger partial charge on any atom is 0.245 e. The molecule has 0 aromatic heterocycles. The zero-order valence-corrected chi connectivity index (χ0v) is 16.2. The summed E-state index contributed by atoms with van der Waals surface area (Å²) < 4.78 is 5.15. The van der Waals surface area contributed by atoms with Gasteiger partial charge in [0.05, 0.1) is 7.11 Å². The fourth-order valence-corrected chi connectivity index (χ4v) is 3.64. The summed E-state index contributed by atoms with van der Waals surface area (Å²) in [6.45, 7) is 4.20. The number of amides is 2. The Kier molecular flexibility index (Phi) is 7.29. The van der Waals surface area contributed by atoms with Gasteiger partial charge in [-0.2, -0.15) is 0 Å². The van der Waals surface area contributed by atoms with Gasteiger partial charge in [0.1, 0.15) is 11.8 Å². The first-order chi connectivity index (χ1) is 12.1. The highest BCUT2D eigenvalue weighted by Crippen LogP contribution is 2.20. The molecule has 1 unspecified atom stereocenters. The van der Waals surface area contributed by atoms with Gasteiger partial charge in [0, 0.05) is 25.0 Å². The molecule has 3 atom stereocenters. The van der Waals surface area contributed by atoms with Crippen LogP contribution in [-0.4, -0.2) is 49.0 Å². The molecule has 2 aliphatic rings. The second-order valence-corrected chi connectivity index (χ2v) is 7.03. The lowest BCUT2D eigenvalue weighted by molar-refractivity contribution is -0.134. The average Bonchev–Trinajstić information content (AvgIpc) is 2.96. The topological polar surface area (TPSA) is 70.7 Å². The molecule has 2 saturated heterocycles. The molecule has 26 heavy (non-hydrogen) atoms. The molecule has 1 aromatic rings. The molecule has 3 rings (SSSR count). The monoisotopic (exact) mass is 381 g/mol. The SMILES string of the molecule is COc1ccc(CN2CCC(NC(=O)[C@H]3CCN[C@@H](C)C3)C2=O)cc1.Cl. The first-order valence-electron chi connectivity index (χ1n) is 9.02. The molecule has 1 aromatic carbocycles. The molecule has 2 aliphatic heterocycles. The number of hydrogen-bond acceptors (Lipinski definition) is 4. The third-order valence-electron chi connectivity index (χ3n) is 5.14. The van der Waals surface area contributed by atoms with Crippen LogP contribution in [0.15, 0.2) is 24.3 Å². The summed E-state index contributed by atoms with van der Waals surface area (Å²) in [6, 6.07) is 7.70. The van der Waals surface area contributed by atoms with Gasteiger partial charge in [-0.15, -0.1) is 12.4 Å². The average molecular weight is 382 g/mol. The van der Waals surface area contributed by atoms with Crippen molar-refractivity contribution in [2.24, 2.45) is 5.92 Å². The third kappa shape index (κ3) is 4.89. The first kappa shape index (κ1) is 20.5. The summed E-state index contributed by atoms with van der Waals surface area (Å²) in [5, 5.41) is 6.32. The van der Waals surface area contributed by atoms with E-state index in [1.165, 1.54) is 0 Å². The van der Waals surface area contributed by atoms with Crippen molar-refractivity contribution in [3.63, 3.8) is 0 Å². The molecule has 0 spiro atoms. The maximum absolute atomic E-state index is 12.6. The molecule has 0 aliphatic carbocycles. The Morgan fingerprint density at radius 3 is 2.69 bits per heavy atom. The van der Waals surface area contributed by atoms with Crippen LogP contribution in [0.25, 0.3) is 0 Å². The highest BCUT2D eigenvalue weighted by molar-refractivity contribution is 5.90. The van der Waals surface area contributed by atoms with Crippen molar-refractivity contribution in [2.45, 2.75) is 44.8 Å². The van der Waals surface area contributed by atoms with Crippen LogP contribution in [0.5, 0.6) is 5.75 Å². The van der Waals surface area contributed by atoms with Gasteiger partial charge in [-0.3, -0.25) is 9.59 Å². The van der Waals surface area contributed by atoms with Gasteiger partial charge in [0.25, 0.3) is 0 Å². The minimum absolute atomic E-state index is 0. The van der Waals surface area contributed by atoms with E-state index in [4.69, 9.17) is 4.74 Å². The van der Waals surface area contributed by atoms with Crippen LogP contribution in [0.3, 0.4) is 0 Å². The van der Waals surface area contributed by atoms with Crippen LogP contribution in [-0.2, 0) is 16.1 Å². The van der Waals surface area contributed by atoms with E-state index >= 15 is 0 Å². The van der Waals surface area contributed by atoms with Crippen molar-refractivity contribution in [3.05, 3.63) is 29.8 Å². The summed E-state index contributed by atoms with van der Waals surface area (Å²) in [4.78, 5) is 26.9. The molecule has 0 saturated carbocycles. The number of hydrogen-bond donors (Lipinski definition) is 2. The number of carbonyl (C=O) groups is 2. The number of carbonyl (C=O) groups excluding carboxylic acids is 2. The number of likely N-dealkylation sites (tertiary alicyclic amines) is 1. The number of rotatable bonds is 5. The largest absolute Gasteiger partial charge is 0.497 e. The van der Waals surface area contributed by atoms with Crippen LogP contribution < -0.4 is 15.4 Å². The van der Waals surface area contributed by atoms with Crippen molar-refractivity contribution in [1.82, 2.24) is 15.5 Å². The van der Waals surface area contributed by atoms with E-state index in [1.54, 1.807) is 7.11 Å².